The van der Waals surface area contributed by atoms with Crippen LogP contribution in [0.15, 0.2) is 12.2 Å². The maximum Gasteiger partial charge on any atom is 0.333 e. The van der Waals surface area contributed by atoms with Gasteiger partial charge in [-0.2, -0.15) is 0 Å². The summed E-state index contributed by atoms with van der Waals surface area (Å²) in [7, 11) is 0. The summed E-state index contributed by atoms with van der Waals surface area (Å²) in [6.45, 7) is 13.9. The van der Waals surface area contributed by atoms with Crippen molar-refractivity contribution >= 4 is 23.5 Å². The van der Waals surface area contributed by atoms with Gasteiger partial charge in [0.25, 0.3) is 0 Å². The Kier molecular flexibility index (Phi) is 18.6. The molecular formula is C25H43NO8. The van der Waals surface area contributed by atoms with Gasteiger partial charge in [0.2, 0.25) is 5.54 Å². The lowest BCUT2D eigenvalue weighted by atomic mass is 9.87. The van der Waals surface area contributed by atoms with E-state index in [1.807, 2.05) is 0 Å². The topological polar surface area (TPSA) is 130 Å². The van der Waals surface area contributed by atoms with Crippen LogP contribution >= 0.6 is 0 Å². The largest absolute Gasteiger partial charge is 0.466 e. The maximum absolute atomic E-state index is 11.9. The molecule has 0 saturated heterocycles. The van der Waals surface area contributed by atoms with Crippen molar-refractivity contribution in [2.75, 3.05) is 13.2 Å². The predicted octanol–water partition coefficient (Wildman–Crippen LogP) is 5.02. The van der Waals surface area contributed by atoms with E-state index in [4.69, 9.17) is 9.47 Å². The predicted molar refractivity (Wildman–Crippen MR) is 130 cm³/mol. The molecule has 0 aliphatic heterocycles. The minimum absolute atomic E-state index is 0.114. The van der Waals surface area contributed by atoms with Crippen molar-refractivity contribution in [1.29, 1.82) is 0 Å². The van der Waals surface area contributed by atoms with Crippen molar-refractivity contribution in [2.24, 2.45) is 5.92 Å². The van der Waals surface area contributed by atoms with Gasteiger partial charge in [-0.3, -0.25) is 14.9 Å². The fourth-order valence-electron chi connectivity index (χ4n) is 3.05. The van der Waals surface area contributed by atoms with E-state index in [9.17, 15) is 29.3 Å². The molecule has 0 N–H and O–H groups in total. The highest BCUT2D eigenvalue weighted by atomic mass is 16.6. The highest BCUT2D eigenvalue weighted by Crippen LogP contribution is 2.25. The first kappa shape index (κ1) is 33.6. The quantitative estimate of drug-likeness (QED) is 0.0923. The molecule has 1 unspecified atom stereocenters. The summed E-state index contributed by atoms with van der Waals surface area (Å²) in [6, 6.07) is 0. The number of carbonyl (C=O) groups is 4. The van der Waals surface area contributed by atoms with E-state index in [0.717, 1.165) is 12.8 Å². The van der Waals surface area contributed by atoms with E-state index < -0.39 is 11.5 Å². The summed E-state index contributed by atoms with van der Waals surface area (Å²) in [5.41, 5.74) is -0.659. The smallest absolute Gasteiger partial charge is 0.333 e. The Hall–Kier alpha value is -2.58. The zero-order chi connectivity index (χ0) is 26.7. The van der Waals surface area contributed by atoms with Gasteiger partial charge in [-0.05, 0) is 59.8 Å². The molecule has 9 heteroatoms. The number of carbonyl (C=O) groups excluding carboxylic acids is 4. The van der Waals surface area contributed by atoms with Crippen LogP contribution in [0.5, 0.6) is 0 Å². The zero-order valence-electron chi connectivity index (χ0n) is 21.8. The Morgan fingerprint density at radius 2 is 1.35 bits per heavy atom. The van der Waals surface area contributed by atoms with E-state index in [-0.39, 0.29) is 41.5 Å². The third kappa shape index (κ3) is 17.9. The van der Waals surface area contributed by atoms with E-state index in [1.165, 1.54) is 20.8 Å². The molecule has 0 aromatic carbocycles. The lowest BCUT2D eigenvalue weighted by Gasteiger charge is -2.22. The molecule has 0 bridgehead atoms. The minimum Gasteiger partial charge on any atom is -0.466 e. The minimum atomic E-state index is -1.15. The third-order valence-corrected chi connectivity index (χ3v) is 5.01. The molecule has 34 heavy (non-hydrogen) atoms. The van der Waals surface area contributed by atoms with E-state index >= 15 is 0 Å². The Labute approximate surface area is 203 Å². The second kappa shape index (κ2) is 18.8. The second-order valence-corrected chi connectivity index (χ2v) is 8.90. The van der Waals surface area contributed by atoms with Crippen molar-refractivity contribution < 1.29 is 33.6 Å². The van der Waals surface area contributed by atoms with E-state index in [0.29, 0.717) is 50.7 Å². The van der Waals surface area contributed by atoms with Gasteiger partial charge in [0.15, 0.2) is 0 Å². The molecule has 0 fully saturated rings. The summed E-state index contributed by atoms with van der Waals surface area (Å²) >= 11 is 0. The summed E-state index contributed by atoms with van der Waals surface area (Å²) in [5, 5.41) is 11.0. The van der Waals surface area contributed by atoms with Crippen LogP contribution in [-0.4, -0.2) is 47.2 Å². The van der Waals surface area contributed by atoms with E-state index in [1.54, 1.807) is 20.8 Å². The Morgan fingerprint density at radius 3 is 1.79 bits per heavy atom. The van der Waals surface area contributed by atoms with Crippen molar-refractivity contribution in [3.63, 3.8) is 0 Å². The van der Waals surface area contributed by atoms with Gasteiger partial charge in [-0.15, -0.1) is 0 Å². The van der Waals surface area contributed by atoms with Gasteiger partial charge in [-0.25, -0.2) is 4.79 Å². The first-order valence-corrected chi connectivity index (χ1v) is 11.9. The Morgan fingerprint density at radius 1 is 0.882 bits per heavy atom. The number of nitro groups is 1. The SMILES string of the molecule is C=C(CCCCC(C)=O)C(=O)OCC.CCOC(=O)C(CCCCC(C)=O)CC(C)(C)[N+](=O)[O-]. The molecule has 0 spiro atoms. The standard InChI is InChI=1S/C14H25NO5.C11H18O3/c1-5-20-13(17)12(9-7-6-8-11(2)16)10-14(3,4)15(18)19;1-4-14-11(13)9(2)7-5-6-8-10(3)12/h12H,5-10H2,1-4H3;2,4-8H2,1,3H3. The molecule has 9 nitrogen and oxygen atoms in total. The van der Waals surface area contributed by atoms with Crippen molar-refractivity contribution in [2.45, 2.75) is 105 Å². The second-order valence-electron chi connectivity index (χ2n) is 8.90. The summed E-state index contributed by atoms with van der Waals surface area (Å²) < 4.78 is 9.76. The fraction of sp³-hybridized carbons (Fsp3) is 0.760. The first-order valence-electron chi connectivity index (χ1n) is 11.9. The summed E-state index contributed by atoms with van der Waals surface area (Å²) in [5.74, 6) is -0.891. The molecule has 196 valence electrons. The van der Waals surface area contributed by atoms with Crippen LogP contribution in [0.4, 0.5) is 0 Å². The number of hydrogen-bond acceptors (Lipinski definition) is 8. The maximum atomic E-state index is 11.9. The van der Waals surface area contributed by atoms with Gasteiger partial charge in [-0.1, -0.05) is 13.0 Å². The number of Topliss-reactive ketones (excluding diaryl/α,β-unsaturated/α-hetero) is 2. The van der Waals surface area contributed by atoms with Crippen molar-refractivity contribution in [3.05, 3.63) is 22.3 Å². The number of unbranched alkanes of at least 4 members (excludes halogenated alkanes) is 2. The van der Waals surface area contributed by atoms with Gasteiger partial charge >= 0.3 is 11.9 Å². The lowest BCUT2D eigenvalue weighted by molar-refractivity contribution is -0.562. The molecule has 0 aromatic heterocycles. The number of rotatable bonds is 17. The number of ether oxygens (including phenoxy) is 2. The molecule has 0 aromatic rings. The van der Waals surface area contributed by atoms with Crippen molar-refractivity contribution in [1.82, 2.24) is 0 Å². The molecule has 0 aliphatic carbocycles. The van der Waals surface area contributed by atoms with E-state index in [2.05, 4.69) is 6.58 Å². The number of esters is 2. The lowest BCUT2D eigenvalue weighted by Crippen LogP contribution is -2.36. The summed E-state index contributed by atoms with van der Waals surface area (Å²) in [4.78, 5) is 55.0. The first-order chi connectivity index (χ1) is 15.8. The van der Waals surface area contributed by atoms with Crippen LogP contribution < -0.4 is 0 Å². The number of ketones is 2. The Bertz CT molecular complexity index is 684. The average Bonchev–Trinajstić information content (AvgIpc) is 2.73. The fourth-order valence-corrected chi connectivity index (χ4v) is 3.05. The van der Waals surface area contributed by atoms with Crippen LogP contribution in [0, 0.1) is 16.0 Å². The number of nitrogens with zero attached hydrogens (tertiary/aromatic N) is 1. The van der Waals surface area contributed by atoms with Crippen LogP contribution in [0.1, 0.15) is 99.3 Å². The molecule has 0 radical (unpaired) electrons. The van der Waals surface area contributed by atoms with Gasteiger partial charge in [0, 0.05) is 43.6 Å². The highest BCUT2D eigenvalue weighted by molar-refractivity contribution is 5.87. The van der Waals surface area contributed by atoms with Gasteiger partial charge in [0.1, 0.15) is 11.6 Å². The van der Waals surface area contributed by atoms with Gasteiger partial charge < -0.3 is 19.1 Å². The highest BCUT2D eigenvalue weighted by Gasteiger charge is 2.37. The normalized spacial score (nSPS) is 11.5. The molecule has 1 atom stereocenters. The molecule has 0 heterocycles. The van der Waals surface area contributed by atoms with Crippen LogP contribution in [0.3, 0.4) is 0 Å². The van der Waals surface area contributed by atoms with Crippen molar-refractivity contribution in [3.8, 4) is 0 Å². The summed E-state index contributed by atoms with van der Waals surface area (Å²) in [6.07, 6.45) is 5.37. The Balaban J connectivity index is 0. The molecule has 0 rings (SSSR count). The molecular weight excluding hydrogens is 442 g/mol. The molecule has 0 amide bonds. The monoisotopic (exact) mass is 485 g/mol. The molecule has 0 aliphatic rings. The van der Waals surface area contributed by atoms with Gasteiger partial charge in [0.05, 0.1) is 19.1 Å². The van der Waals surface area contributed by atoms with Crippen LogP contribution in [0.25, 0.3) is 0 Å². The van der Waals surface area contributed by atoms with Crippen LogP contribution in [0.2, 0.25) is 0 Å². The third-order valence-electron chi connectivity index (χ3n) is 5.01. The molecule has 0 saturated carbocycles. The number of hydrogen-bond donors (Lipinski definition) is 0. The van der Waals surface area contributed by atoms with Crippen LogP contribution in [-0.2, 0) is 28.7 Å². The average molecular weight is 486 g/mol. The zero-order valence-corrected chi connectivity index (χ0v) is 21.8.